The van der Waals surface area contributed by atoms with Gasteiger partial charge in [0.25, 0.3) is 0 Å². The number of carbonyl (C=O) groups excluding carboxylic acids is 1. The summed E-state index contributed by atoms with van der Waals surface area (Å²) in [6, 6.07) is 7.51. The van der Waals surface area contributed by atoms with E-state index >= 15 is 0 Å². The molecule has 1 aromatic heterocycles. The molecule has 25 heavy (non-hydrogen) atoms. The highest BCUT2D eigenvalue weighted by atomic mass is 32.2. The van der Waals surface area contributed by atoms with Crippen LogP contribution in [0.4, 0.5) is 5.82 Å². The second-order valence-corrected chi connectivity index (χ2v) is 7.42. The number of nitrogens with zero attached hydrogens (tertiary/aromatic N) is 3. The van der Waals surface area contributed by atoms with Gasteiger partial charge in [-0.2, -0.15) is 0 Å². The van der Waals surface area contributed by atoms with E-state index in [1.165, 1.54) is 20.9 Å². The summed E-state index contributed by atoms with van der Waals surface area (Å²) < 4.78 is 3.36. The number of rotatable bonds is 4. The van der Waals surface area contributed by atoms with Gasteiger partial charge >= 0.3 is 5.69 Å². The molecule has 0 bridgehead atoms. The Morgan fingerprint density at radius 2 is 1.76 bits per heavy atom. The fraction of sp³-hybridized carbons (Fsp3) is 0.333. The third-order valence-electron chi connectivity index (χ3n) is 3.90. The molecule has 0 aliphatic carbocycles. The molecule has 0 aliphatic heterocycles. The summed E-state index contributed by atoms with van der Waals surface area (Å²) in [5, 5.41) is 0.710. The van der Waals surface area contributed by atoms with Gasteiger partial charge in [0.2, 0.25) is 0 Å². The van der Waals surface area contributed by atoms with Crippen LogP contribution >= 0.6 is 24.0 Å². The van der Waals surface area contributed by atoms with Crippen molar-refractivity contribution in [3.8, 4) is 0 Å². The molecule has 2 aromatic rings. The molecule has 1 heterocycles. The number of hydrogen-bond acceptors (Lipinski definition) is 5. The molecule has 0 amide bonds. The summed E-state index contributed by atoms with van der Waals surface area (Å²) in [6.45, 7) is 5.66. The first-order valence-electron chi connectivity index (χ1n) is 7.77. The molecule has 132 valence electrons. The van der Waals surface area contributed by atoms with E-state index < -0.39 is 0 Å². The van der Waals surface area contributed by atoms with E-state index in [1.807, 2.05) is 45.0 Å². The molecule has 0 radical (unpaired) electrons. The van der Waals surface area contributed by atoms with Gasteiger partial charge in [0.05, 0.1) is 10.8 Å². The minimum absolute atomic E-state index is 0.0496. The number of carbonyl (C=O) groups is 1. The number of Topliss-reactive ketones (excluding diaryl/α,β-unsaturated/α-hetero) is 1. The van der Waals surface area contributed by atoms with Crippen molar-refractivity contribution in [1.82, 2.24) is 9.13 Å². The lowest BCUT2D eigenvalue weighted by Gasteiger charge is -2.11. The van der Waals surface area contributed by atoms with E-state index in [1.54, 1.807) is 14.1 Å². The summed E-state index contributed by atoms with van der Waals surface area (Å²) in [4.78, 5) is 28.9. The predicted octanol–water partition coefficient (Wildman–Crippen LogP) is 3.74. The number of hydrogen-bond donors (Lipinski definition) is 0. The topological polar surface area (TPSA) is 56.4 Å². The van der Waals surface area contributed by atoms with Gasteiger partial charge in [-0.1, -0.05) is 42.0 Å². The standard InChI is InChI=1S/C18H21N3O2S2/c1-11-6-8-14(9-7-11)15(22)10-25-13(3)19-16-12(2)17(24)21(5)18(23)20(16)4/h6-9H,10H2,1-5H3/b19-13+. The molecule has 0 saturated heterocycles. The number of aryl methyl sites for hydroxylation is 1. The van der Waals surface area contributed by atoms with Crippen LogP contribution in [0.25, 0.3) is 0 Å². The number of thioether (sulfide) groups is 1. The molecule has 0 spiro atoms. The van der Waals surface area contributed by atoms with Crippen molar-refractivity contribution in [1.29, 1.82) is 0 Å². The van der Waals surface area contributed by atoms with E-state index in [0.717, 1.165) is 11.1 Å². The van der Waals surface area contributed by atoms with E-state index in [-0.39, 0.29) is 11.5 Å². The number of aliphatic imine (C=N–C) groups is 1. The van der Waals surface area contributed by atoms with Crippen molar-refractivity contribution in [2.75, 3.05) is 5.75 Å². The lowest BCUT2D eigenvalue weighted by atomic mass is 10.1. The number of aromatic nitrogens is 2. The second kappa shape index (κ2) is 7.93. The largest absolute Gasteiger partial charge is 0.330 e. The summed E-state index contributed by atoms with van der Waals surface area (Å²) >= 11 is 6.64. The molecule has 5 nitrogen and oxygen atoms in total. The molecule has 0 atom stereocenters. The monoisotopic (exact) mass is 375 g/mol. The van der Waals surface area contributed by atoms with Crippen LogP contribution in [0.3, 0.4) is 0 Å². The molecule has 2 rings (SSSR count). The summed E-state index contributed by atoms with van der Waals surface area (Å²) in [5.74, 6) is 0.877. The second-order valence-electron chi connectivity index (χ2n) is 5.86. The summed E-state index contributed by atoms with van der Waals surface area (Å²) in [5.41, 5.74) is 2.36. The molecule has 7 heteroatoms. The van der Waals surface area contributed by atoms with E-state index in [9.17, 15) is 9.59 Å². The molecule has 0 saturated carbocycles. The lowest BCUT2D eigenvalue weighted by Crippen LogP contribution is -2.28. The van der Waals surface area contributed by atoms with Crippen molar-refractivity contribution in [3.63, 3.8) is 0 Å². The van der Waals surface area contributed by atoms with Gasteiger partial charge in [-0.3, -0.25) is 13.9 Å². The molecular formula is C18H21N3O2S2. The van der Waals surface area contributed by atoms with Gasteiger partial charge in [-0.05, 0) is 20.8 Å². The number of benzene rings is 1. The van der Waals surface area contributed by atoms with Crippen LogP contribution in [0.15, 0.2) is 34.1 Å². The van der Waals surface area contributed by atoms with Gasteiger partial charge in [-0.15, -0.1) is 11.8 Å². The summed E-state index contributed by atoms with van der Waals surface area (Å²) in [6.07, 6.45) is 0. The van der Waals surface area contributed by atoms with Crippen LogP contribution in [0.5, 0.6) is 0 Å². The fourth-order valence-corrected chi connectivity index (χ4v) is 3.16. The normalized spacial score (nSPS) is 11.6. The average molecular weight is 376 g/mol. The quantitative estimate of drug-likeness (QED) is 0.354. The smallest absolute Gasteiger partial charge is 0.293 e. The zero-order valence-electron chi connectivity index (χ0n) is 15.0. The SMILES string of the molecule is C/C(=N\c1c(C)c(=S)n(C)c(=O)n1C)SCC(=O)c1ccc(C)cc1. The summed E-state index contributed by atoms with van der Waals surface area (Å²) in [7, 11) is 3.31. The first-order chi connectivity index (χ1) is 11.7. The van der Waals surface area contributed by atoms with Gasteiger partial charge in [0.1, 0.15) is 10.5 Å². The maximum absolute atomic E-state index is 12.2. The number of ketones is 1. The fourth-order valence-electron chi connectivity index (χ4n) is 2.33. The Kier molecular flexibility index (Phi) is 6.13. The molecule has 0 fully saturated rings. The third kappa shape index (κ3) is 4.35. The minimum Gasteiger partial charge on any atom is -0.293 e. The van der Waals surface area contributed by atoms with E-state index in [4.69, 9.17) is 12.2 Å². The minimum atomic E-state index is -0.220. The molecule has 0 N–H and O–H groups in total. The van der Waals surface area contributed by atoms with Crippen LogP contribution in [-0.4, -0.2) is 25.7 Å². The molecular weight excluding hydrogens is 354 g/mol. The van der Waals surface area contributed by atoms with Crippen LogP contribution in [0.1, 0.15) is 28.4 Å². The lowest BCUT2D eigenvalue weighted by molar-refractivity contribution is 0.102. The Hall–Kier alpha value is -1.99. The highest BCUT2D eigenvalue weighted by Gasteiger charge is 2.11. The van der Waals surface area contributed by atoms with Crippen LogP contribution in [0.2, 0.25) is 0 Å². The van der Waals surface area contributed by atoms with E-state index in [0.29, 0.717) is 26.8 Å². The van der Waals surface area contributed by atoms with Crippen molar-refractivity contribution >= 4 is 40.6 Å². The Balaban J connectivity index is 2.20. The molecule has 1 aromatic carbocycles. The van der Waals surface area contributed by atoms with Crippen molar-refractivity contribution in [2.24, 2.45) is 19.1 Å². The Morgan fingerprint density at radius 3 is 2.36 bits per heavy atom. The third-order valence-corrected chi connectivity index (χ3v) is 5.40. The maximum Gasteiger partial charge on any atom is 0.330 e. The zero-order valence-corrected chi connectivity index (χ0v) is 16.6. The maximum atomic E-state index is 12.2. The van der Waals surface area contributed by atoms with Crippen molar-refractivity contribution < 1.29 is 4.79 Å². The highest BCUT2D eigenvalue weighted by molar-refractivity contribution is 8.14. The van der Waals surface area contributed by atoms with Crippen LogP contribution < -0.4 is 5.69 Å². The average Bonchev–Trinajstić information content (AvgIpc) is 2.60. The van der Waals surface area contributed by atoms with Crippen LogP contribution in [0, 0.1) is 18.5 Å². The zero-order chi connectivity index (χ0) is 18.7. The van der Waals surface area contributed by atoms with Crippen molar-refractivity contribution in [3.05, 3.63) is 56.1 Å². The van der Waals surface area contributed by atoms with E-state index in [2.05, 4.69) is 4.99 Å². The predicted molar refractivity (Wildman–Crippen MR) is 107 cm³/mol. The first kappa shape index (κ1) is 19.3. The molecule has 0 aliphatic rings. The molecule has 0 unspecified atom stereocenters. The van der Waals surface area contributed by atoms with Crippen molar-refractivity contribution in [2.45, 2.75) is 20.8 Å². The van der Waals surface area contributed by atoms with Gasteiger partial charge < -0.3 is 0 Å². The Bertz CT molecular complexity index is 917. The van der Waals surface area contributed by atoms with Crippen LogP contribution in [-0.2, 0) is 14.1 Å². The Labute approximate surface area is 156 Å². The van der Waals surface area contributed by atoms with Gasteiger partial charge in [0, 0.05) is 25.2 Å². The van der Waals surface area contributed by atoms with Gasteiger partial charge in [0.15, 0.2) is 5.78 Å². The van der Waals surface area contributed by atoms with Gasteiger partial charge in [-0.25, -0.2) is 9.79 Å². The highest BCUT2D eigenvalue weighted by Crippen LogP contribution is 2.20. The first-order valence-corrected chi connectivity index (χ1v) is 9.16. The Morgan fingerprint density at radius 1 is 1.16 bits per heavy atom.